The van der Waals surface area contributed by atoms with Crippen molar-refractivity contribution in [3.8, 4) is 0 Å². The largest absolute Gasteiger partial charge is 0.396 e. The van der Waals surface area contributed by atoms with Crippen LogP contribution in [-0.2, 0) is 0 Å². The molecule has 0 aromatic heterocycles. The molecule has 0 saturated carbocycles. The van der Waals surface area contributed by atoms with Gasteiger partial charge >= 0.3 is 0 Å². The molecule has 2 aliphatic heterocycles. The third-order valence-electron chi connectivity index (χ3n) is 3.99. The van der Waals surface area contributed by atoms with Gasteiger partial charge in [0.2, 0.25) is 0 Å². The van der Waals surface area contributed by atoms with Crippen LogP contribution in [0.15, 0.2) is 0 Å². The summed E-state index contributed by atoms with van der Waals surface area (Å²) in [5.41, 5.74) is 0. The highest BCUT2D eigenvalue weighted by molar-refractivity contribution is 4.83. The third-order valence-corrected chi connectivity index (χ3v) is 3.99. The lowest BCUT2D eigenvalue weighted by Gasteiger charge is -2.27. The Bertz CT molecular complexity index is 192. The fraction of sp³-hybridized carbons (Fsp3) is 1.00. The van der Waals surface area contributed by atoms with Crippen LogP contribution in [0, 0.1) is 17.8 Å². The number of aliphatic hydroxyl groups excluding tert-OH is 1. The highest BCUT2D eigenvalue weighted by Gasteiger charge is 2.30. The van der Waals surface area contributed by atoms with Crippen molar-refractivity contribution >= 4 is 0 Å². The summed E-state index contributed by atoms with van der Waals surface area (Å²) < 4.78 is 0. The van der Waals surface area contributed by atoms with Gasteiger partial charge in [-0.2, -0.15) is 0 Å². The number of likely N-dealkylation sites (tertiary alicyclic amines) is 1. The van der Waals surface area contributed by atoms with Crippen LogP contribution in [-0.4, -0.2) is 49.3 Å². The Kier molecular flexibility index (Phi) is 4.00. The zero-order valence-electron chi connectivity index (χ0n) is 9.78. The summed E-state index contributed by atoms with van der Waals surface area (Å²) in [6, 6.07) is 0. The topological polar surface area (TPSA) is 35.5 Å². The van der Waals surface area contributed by atoms with E-state index in [9.17, 15) is 5.11 Å². The minimum absolute atomic E-state index is 0.362. The summed E-state index contributed by atoms with van der Waals surface area (Å²) >= 11 is 0. The van der Waals surface area contributed by atoms with Crippen molar-refractivity contribution < 1.29 is 5.11 Å². The highest BCUT2D eigenvalue weighted by atomic mass is 16.3. The normalized spacial score (nSPS) is 38.4. The van der Waals surface area contributed by atoms with Gasteiger partial charge in [-0.3, -0.25) is 0 Å². The number of aliphatic hydroxyl groups is 1. The molecule has 2 heterocycles. The van der Waals surface area contributed by atoms with Crippen molar-refractivity contribution in [1.29, 1.82) is 0 Å². The molecule has 0 aliphatic carbocycles. The molecule has 2 fully saturated rings. The van der Waals surface area contributed by atoms with Gasteiger partial charge in [0.05, 0.1) is 0 Å². The molecule has 0 aromatic carbocycles. The lowest BCUT2D eigenvalue weighted by atomic mass is 9.99. The van der Waals surface area contributed by atoms with E-state index in [-0.39, 0.29) is 0 Å². The number of hydrogen-bond acceptors (Lipinski definition) is 3. The van der Waals surface area contributed by atoms with Crippen molar-refractivity contribution in [2.24, 2.45) is 17.8 Å². The van der Waals surface area contributed by atoms with Gasteiger partial charge in [0.15, 0.2) is 0 Å². The molecule has 0 aromatic rings. The van der Waals surface area contributed by atoms with Gasteiger partial charge in [-0.05, 0) is 43.7 Å². The number of nitrogens with zero attached hydrogens (tertiary/aromatic N) is 1. The number of rotatable bonds is 3. The Balaban J connectivity index is 1.75. The lowest BCUT2D eigenvalue weighted by molar-refractivity contribution is 0.197. The van der Waals surface area contributed by atoms with Crippen LogP contribution in [0.25, 0.3) is 0 Å². The third kappa shape index (κ3) is 2.92. The first-order chi connectivity index (χ1) is 7.29. The van der Waals surface area contributed by atoms with Gasteiger partial charge in [-0.25, -0.2) is 0 Å². The molecule has 2 N–H and O–H groups in total. The predicted octanol–water partition coefficient (Wildman–Crippen LogP) is 0.546. The fourth-order valence-electron chi connectivity index (χ4n) is 2.97. The smallest absolute Gasteiger partial charge is 0.0474 e. The molecule has 15 heavy (non-hydrogen) atoms. The van der Waals surface area contributed by atoms with E-state index in [1.807, 2.05) is 0 Å². The average molecular weight is 212 g/mol. The molecule has 0 amide bonds. The minimum atomic E-state index is 0.362. The minimum Gasteiger partial charge on any atom is -0.396 e. The Morgan fingerprint density at radius 1 is 1.40 bits per heavy atom. The molecule has 88 valence electrons. The molecule has 1 unspecified atom stereocenters. The van der Waals surface area contributed by atoms with E-state index in [2.05, 4.69) is 17.1 Å². The van der Waals surface area contributed by atoms with Gasteiger partial charge in [-0.15, -0.1) is 0 Å². The Morgan fingerprint density at radius 3 is 2.87 bits per heavy atom. The quantitative estimate of drug-likeness (QED) is 0.717. The summed E-state index contributed by atoms with van der Waals surface area (Å²) in [5, 5.41) is 12.7. The van der Waals surface area contributed by atoms with Crippen LogP contribution < -0.4 is 5.32 Å². The Labute approximate surface area is 92.8 Å². The summed E-state index contributed by atoms with van der Waals surface area (Å²) in [7, 11) is 0. The van der Waals surface area contributed by atoms with E-state index in [4.69, 9.17) is 0 Å². The van der Waals surface area contributed by atoms with Crippen LogP contribution in [0.3, 0.4) is 0 Å². The molecule has 0 radical (unpaired) electrons. The van der Waals surface area contributed by atoms with E-state index in [1.165, 1.54) is 39.0 Å². The maximum atomic E-state index is 9.22. The molecule has 3 heteroatoms. The molecular formula is C12H24N2O. The standard InChI is InChI=1S/C12H24N2O/c1-10-6-14(8-12(10)9-15)7-11-3-2-4-13-5-11/h10-13,15H,2-9H2,1H3/t10-,11?,12+/m1/s1. The van der Waals surface area contributed by atoms with Gasteiger partial charge in [0, 0.05) is 26.2 Å². The fourth-order valence-corrected chi connectivity index (χ4v) is 2.97. The van der Waals surface area contributed by atoms with Gasteiger partial charge in [-0.1, -0.05) is 6.92 Å². The summed E-state index contributed by atoms with van der Waals surface area (Å²) in [6.45, 7) is 8.53. The van der Waals surface area contributed by atoms with Crippen LogP contribution in [0.2, 0.25) is 0 Å². The van der Waals surface area contributed by atoms with Crippen LogP contribution in [0.4, 0.5) is 0 Å². The SMILES string of the molecule is C[C@@H]1CN(CC2CCCNC2)C[C@H]1CO. The Morgan fingerprint density at radius 2 is 2.27 bits per heavy atom. The van der Waals surface area contributed by atoms with Crippen molar-refractivity contribution in [1.82, 2.24) is 10.2 Å². The van der Waals surface area contributed by atoms with Crippen LogP contribution >= 0.6 is 0 Å². The molecular weight excluding hydrogens is 188 g/mol. The first-order valence-electron chi connectivity index (χ1n) is 6.33. The van der Waals surface area contributed by atoms with Crippen molar-refractivity contribution in [2.45, 2.75) is 19.8 Å². The molecule has 2 aliphatic rings. The molecule has 2 saturated heterocycles. The number of piperidine rings is 1. The average Bonchev–Trinajstić information content (AvgIpc) is 2.60. The van der Waals surface area contributed by atoms with Gasteiger partial charge in [0.1, 0.15) is 0 Å². The first-order valence-corrected chi connectivity index (χ1v) is 6.33. The molecule has 3 nitrogen and oxygen atoms in total. The van der Waals surface area contributed by atoms with Crippen LogP contribution in [0.1, 0.15) is 19.8 Å². The highest BCUT2D eigenvalue weighted by Crippen LogP contribution is 2.24. The monoisotopic (exact) mass is 212 g/mol. The van der Waals surface area contributed by atoms with Gasteiger partial charge in [0.25, 0.3) is 0 Å². The summed E-state index contributed by atoms with van der Waals surface area (Å²) in [5.74, 6) is 2.02. The van der Waals surface area contributed by atoms with E-state index >= 15 is 0 Å². The summed E-state index contributed by atoms with van der Waals surface area (Å²) in [6.07, 6.45) is 2.71. The second-order valence-corrected chi connectivity index (χ2v) is 5.35. The van der Waals surface area contributed by atoms with E-state index in [1.54, 1.807) is 0 Å². The maximum Gasteiger partial charge on any atom is 0.0474 e. The molecule has 0 spiro atoms. The first kappa shape index (κ1) is 11.4. The van der Waals surface area contributed by atoms with E-state index in [0.29, 0.717) is 18.4 Å². The van der Waals surface area contributed by atoms with Crippen molar-refractivity contribution in [2.75, 3.05) is 39.3 Å². The zero-order valence-corrected chi connectivity index (χ0v) is 9.78. The van der Waals surface area contributed by atoms with Crippen molar-refractivity contribution in [3.63, 3.8) is 0 Å². The zero-order chi connectivity index (χ0) is 10.7. The van der Waals surface area contributed by atoms with Gasteiger partial charge < -0.3 is 15.3 Å². The second-order valence-electron chi connectivity index (χ2n) is 5.35. The lowest BCUT2D eigenvalue weighted by Crippen LogP contribution is -2.37. The maximum absolute atomic E-state index is 9.22. The summed E-state index contributed by atoms with van der Waals surface area (Å²) in [4.78, 5) is 2.54. The van der Waals surface area contributed by atoms with Crippen LogP contribution in [0.5, 0.6) is 0 Å². The van der Waals surface area contributed by atoms with E-state index < -0.39 is 0 Å². The molecule has 0 bridgehead atoms. The Hall–Kier alpha value is -0.120. The van der Waals surface area contributed by atoms with E-state index in [0.717, 1.165) is 12.5 Å². The number of nitrogens with one attached hydrogen (secondary N) is 1. The van der Waals surface area contributed by atoms with Crippen molar-refractivity contribution in [3.05, 3.63) is 0 Å². The predicted molar refractivity (Wildman–Crippen MR) is 61.8 cm³/mol. The molecule has 2 rings (SSSR count). The second kappa shape index (κ2) is 5.28. The molecule has 3 atom stereocenters. The number of hydrogen-bond donors (Lipinski definition) is 2.